The number of carbonyl (C=O) groups is 1. The van der Waals surface area contributed by atoms with Crippen LogP contribution in [0.2, 0.25) is 0 Å². The normalized spacial score (nSPS) is 23.4. The van der Waals surface area contributed by atoms with Crippen molar-refractivity contribution in [1.82, 2.24) is 5.32 Å². The predicted octanol–water partition coefficient (Wildman–Crippen LogP) is 0.673. The fourth-order valence-corrected chi connectivity index (χ4v) is 1.21. The van der Waals surface area contributed by atoms with E-state index in [2.05, 4.69) is 10.1 Å². The Balaban J connectivity index is 2.71. The van der Waals surface area contributed by atoms with Gasteiger partial charge in [0.05, 0.1) is 13.0 Å². The van der Waals surface area contributed by atoms with Gasteiger partial charge in [0, 0.05) is 12.2 Å². The molecule has 0 aromatic rings. The van der Waals surface area contributed by atoms with Crippen molar-refractivity contribution in [3.05, 3.63) is 11.3 Å². The van der Waals surface area contributed by atoms with Crippen molar-refractivity contribution in [3.8, 4) is 0 Å². The molecule has 3 nitrogen and oxygen atoms in total. The average Bonchev–Trinajstić information content (AvgIpc) is 2.32. The van der Waals surface area contributed by atoms with Crippen molar-refractivity contribution in [2.24, 2.45) is 5.92 Å². The second-order valence-electron chi connectivity index (χ2n) is 2.76. The van der Waals surface area contributed by atoms with E-state index >= 15 is 0 Å². The van der Waals surface area contributed by atoms with Crippen molar-refractivity contribution in [2.45, 2.75) is 13.8 Å². The van der Waals surface area contributed by atoms with E-state index in [1.165, 1.54) is 7.11 Å². The Labute approximate surface area is 66.4 Å². The van der Waals surface area contributed by atoms with E-state index in [0.29, 0.717) is 6.54 Å². The van der Waals surface area contributed by atoms with Gasteiger partial charge in [0.25, 0.3) is 0 Å². The summed E-state index contributed by atoms with van der Waals surface area (Å²) in [4.78, 5) is 11.1. The Morgan fingerprint density at radius 3 is 2.64 bits per heavy atom. The minimum atomic E-state index is -0.146. The van der Waals surface area contributed by atoms with Crippen molar-refractivity contribution in [1.29, 1.82) is 0 Å². The second kappa shape index (κ2) is 2.95. The number of ether oxygens (including phenoxy) is 1. The number of allylic oxidation sites excluding steroid dienone is 1. The summed E-state index contributed by atoms with van der Waals surface area (Å²) in [6, 6.07) is 0. The molecule has 0 bridgehead atoms. The number of rotatable bonds is 1. The third kappa shape index (κ3) is 1.37. The molecule has 1 heterocycles. The molecule has 0 spiro atoms. The zero-order chi connectivity index (χ0) is 8.43. The molecule has 62 valence electrons. The SMILES string of the molecule is COC(=O)C1CNC(C)=C1C. The lowest BCUT2D eigenvalue weighted by molar-refractivity contribution is -0.143. The Kier molecular flexibility index (Phi) is 2.17. The maximum Gasteiger partial charge on any atom is 0.314 e. The molecule has 0 amide bonds. The van der Waals surface area contributed by atoms with Gasteiger partial charge in [-0.05, 0) is 19.4 Å². The molecule has 1 atom stereocenters. The Hall–Kier alpha value is -0.990. The van der Waals surface area contributed by atoms with Gasteiger partial charge >= 0.3 is 5.97 Å². The van der Waals surface area contributed by atoms with Crippen LogP contribution < -0.4 is 5.32 Å². The molecular formula is C8H13NO2. The highest BCUT2D eigenvalue weighted by atomic mass is 16.5. The number of hydrogen-bond acceptors (Lipinski definition) is 3. The first kappa shape index (κ1) is 8.11. The second-order valence-corrected chi connectivity index (χ2v) is 2.76. The van der Waals surface area contributed by atoms with E-state index < -0.39 is 0 Å². The molecule has 0 aliphatic carbocycles. The lowest BCUT2D eigenvalue weighted by Gasteiger charge is -2.06. The number of esters is 1. The smallest absolute Gasteiger partial charge is 0.314 e. The molecule has 0 saturated heterocycles. The fraction of sp³-hybridized carbons (Fsp3) is 0.625. The van der Waals surface area contributed by atoms with Gasteiger partial charge in [-0.1, -0.05) is 0 Å². The van der Waals surface area contributed by atoms with Crippen LogP contribution >= 0.6 is 0 Å². The summed E-state index contributed by atoms with van der Waals surface area (Å²) in [5.74, 6) is -0.216. The van der Waals surface area contributed by atoms with Gasteiger partial charge in [-0.3, -0.25) is 4.79 Å². The predicted molar refractivity (Wildman–Crippen MR) is 41.9 cm³/mol. The van der Waals surface area contributed by atoms with E-state index in [9.17, 15) is 4.79 Å². The van der Waals surface area contributed by atoms with Crippen LogP contribution in [0.1, 0.15) is 13.8 Å². The highest BCUT2D eigenvalue weighted by molar-refractivity contribution is 5.76. The van der Waals surface area contributed by atoms with Gasteiger partial charge in [-0.15, -0.1) is 0 Å². The molecule has 0 fully saturated rings. The van der Waals surface area contributed by atoms with Crippen molar-refractivity contribution >= 4 is 5.97 Å². The molecule has 0 aromatic heterocycles. The highest BCUT2D eigenvalue weighted by Crippen LogP contribution is 2.20. The summed E-state index contributed by atoms with van der Waals surface area (Å²) in [6.45, 7) is 4.61. The lowest BCUT2D eigenvalue weighted by Crippen LogP contribution is -2.21. The van der Waals surface area contributed by atoms with Crippen LogP contribution in [-0.4, -0.2) is 19.6 Å². The number of methoxy groups -OCH3 is 1. The molecule has 1 rings (SSSR count). The topological polar surface area (TPSA) is 38.3 Å². The van der Waals surface area contributed by atoms with Crippen molar-refractivity contribution in [2.75, 3.05) is 13.7 Å². The van der Waals surface area contributed by atoms with Crippen molar-refractivity contribution in [3.63, 3.8) is 0 Å². The molecule has 0 radical (unpaired) electrons. The van der Waals surface area contributed by atoms with Crippen LogP contribution in [0.25, 0.3) is 0 Å². The minimum absolute atomic E-state index is 0.0694. The Morgan fingerprint density at radius 2 is 2.27 bits per heavy atom. The summed E-state index contributed by atoms with van der Waals surface area (Å²) in [5, 5.41) is 3.11. The molecule has 0 aromatic carbocycles. The first-order chi connectivity index (χ1) is 5.16. The van der Waals surface area contributed by atoms with E-state index in [-0.39, 0.29) is 11.9 Å². The Bertz CT molecular complexity index is 208. The molecule has 0 saturated carbocycles. The van der Waals surface area contributed by atoms with E-state index in [1.807, 2.05) is 13.8 Å². The molecule has 11 heavy (non-hydrogen) atoms. The molecule has 1 aliphatic heterocycles. The summed E-state index contributed by atoms with van der Waals surface area (Å²) < 4.78 is 4.64. The van der Waals surface area contributed by atoms with Gasteiger partial charge < -0.3 is 10.1 Å². The highest BCUT2D eigenvalue weighted by Gasteiger charge is 2.26. The van der Waals surface area contributed by atoms with Crippen LogP contribution in [0, 0.1) is 5.92 Å². The molecule has 1 unspecified atom stereocenters. The van der Waals surface area contributed by atoms with Crippen LogP contribution in [0.15, 0.2) is 11.3 Å². The van der Waals surface area contributed by atoms with Crippen LogP contribution in [0.3, 0.4) is 0 Å². The zero-order valence-corrected chi connectivity index (χ0v) is 7.10. The summed E-state index contributed by atoms with van der Waals surface area (Å²) in [6.07, 6.45) is 0. The lowest BCUT2D eigenvalue weighted by atomic mass is 10.0. The van der Waals surface area contributed by atoms with Gasteiger partial charge in [0.2, 0.25) is 0 Å². The zero-order valence-electron chi connectivity index (χ0n) is 7.10. The van der Waals surface area contributed by atoms with E-state index in [1.54, 1.807) is 0 Å². The Morgan fingerprint density at radius 1 is 1.64 bits per heavy atom. The van der Waals surface area contributed by atoms with E-state index in [0.717, 1.165) is 11.3 Å². The third-order valence-electron chi connectivity index (χ3n) is 2.17. The van der Waals surface area contributed by atoms with Gasteiger partial charge in [0.15, 0.2) is 0 Å². The molecule has 3 heteroatoms. The van der Waals surface area contributed by atoms with E-state index in [4.69, 9.17) is 0 Å². The first-order valence-electron chi connectivity index (χ1n) is 3.66. The molecule has 1 N–H and O–H groups in total. The molecule has 1 aliphatic rings. The van der Waals surface area contributed by atoms with Gasteiger partial charge in [-0.2, -0.15) is 0 Å². The summed E-state index contributed by atoms with van der Waals surface area (Å²) in [7, 11) is 1.42. The average molecular weight is 155 g/mol. The maximum atomic E-state index is 11.1. The number of hydrogen-bond donors (Lipinski definition) is 1. The monoisotopic (exact) mass is 155 g/mol. The quantitative estimate of drug-likeness (QED) is 0.566. The molecular weight excluding hydrogens is 142 g/mol. The van der Waals surface area contributed by atoms with Gasteiger partial charge in [0.1, 0.15) is 0 Å². The summed E-state index contributed by atoms with van der Waals surface area (Å²) in [5.41, 5.74) is 2.19. The van der Waals surface area contributed by atoms with Crippen molar-refractivity contribution < 1.29 is 9.53 Å². The number of carbonyl (C=O) groups excluding carboxylic acids is 1. The summed E-state index contributed by atoms with van der Waals surface area (Å²) >= 11 is 0. The minimum Gasteiger partial charge on any atom is -0.469 e. The fourth-order valence-electron chi connectivity index (χ4n) is 1.21. The van der Waals surface area contributed by atoms with Crippen LogP contribution in [-0.2, 0) is 9.53 Å². The number of nitrogens with one attached hydrogen (secondary N) is 1. The largest absolute Gasteiger partial charge is 0.469 e. The standard InChI is InChI=1S/C8H13NO2/c1-5-6(2)9-4-7(5)8(10)11-3/h7,9H,4H2,1-3H3. The van der Waals surface area contributed by atoms with Crippen LogP contribution in [0.5, 0.6) is 0 Å². The van der Waals surface area contributed by atoms with Crippen LogP contribution in [0.4, 0.5) is 0 Å². The maximum absolute atomic E-state index is 11.1. The third-order valence-corrected chi connectivity index (χ3v) is 2.17. The first-order valence-corrected chi connectivity index (χ1v) is 3.66. The van der Waals surface area contributed by atoms with Gasteiger partial charge in [-0.25, -0.2) is 0 Å².